The number of nitrogens with one attached hydrogen (secondary N) is 1. The van der Waals surface area contributed by atoms with Crippen LogP contribution in [-0.2, 0) is 30.7 Å². The average molecular weight is 473 g/mol. The van der Waals surface area contributed by atoms with E-state index in [1.807, 2.05) is 41.7 Å². The molecule has 162 valence electrons. The molecule has 0 saturated carbocycles. The Labute approximate surface area is 195 Å². The zero-order chi connectivity index (χ0) is 21.8. The van der Waals surface area contributed by atoms with Crippen molar-refractivity contribution >= 4 is 40.6 Å². The first-order chi connectivity index (χ1) is 15.0. The molecule has 0 saturated heterocycles. The van der Waals surface area contributed by atoms with E-state index in [9.17, 15) is 4.79 Å². The third kappa shape index (κ3) is 5.22. The van der Waals surface area contributed by atoms with Crippen LogP contribution in [0.1, 0.15) is 29.3 Å². The van der Waals surface area contributed by atoms with Crippen molar-refractivity contribution < 1.29 is 4.79 Å². The van der Waals surface area contributed by atoms with Crippen molar-refractivity contribution in [2.75, 3.05) is 5.75 Å². The summed E-state index contributed by atoms with van der Waals surface area (Å²) in [5.74, 6) is 1.84. The fourth-order valence-corrected chi connectivity index (χ4v) is 5.88. The maximum atomic E-state index is 12.3. The van der Waals surface area contributed by atoms with E-state index in [0.29, 0.717) is 18.1 Å². The van der Waals surface area contributed by atoms with E-state index in [0.717, 1.165) is 35.3 Å². The molecule has 0 bridgehead atoms. The summed E-state index contributed by atoms with van der Waals surface area (Å²) in [7, 11) is 0. The third-order valence-corrected chi connectivity index (χ3v) is 7.68. The smallest absolute Gasteiger partial charge is 0.230 e. The van der Waals surface area contributed by atoms with Crippen LogP contribution in [0.2, 0.25) is 5.02 Å². The molecule has 1 N–H and O–H groups in total. The molecule has 4 rings (SSSR count). The molecule has 0 radical (unpaired) electrons. The molecular weight excluding hydrogens is 448 g/mol. The summed E-state index contributed by atoms with van der Waals surface area (Å²) in [6, 6.07) is 7.46. The summed E-state index contributed by atoms with van der Waals surface area (Å²) in [6.07, 6.45) is 5.29. The maximum Gasteiger partial charge on any atom is 0.230 e. The number of amides is 1. The van der Waals surface area contributed by atoms with Gasteiger partial charge in [-0.3, -0.25) is 9.36 Å². The molecule has 1 aromatic carbocycles. The van der Waals surface area contributed by atoms with E-state index < -0.39 is 0 Å². The van der Waals surface area contributed by atoms with Crippen LogP contribution in [0.3, 0.4) is 0 Å². The highest BCUT2D eigenvalue weighted by Crippen LogP contribution is 2.38. The number of hydrogen-bond acceptors (Lipinski definition) is 5. The number of nitrogens with zero attached hydrogens (tertiary/aromatic N) is 3. The van der Waals surface area contributed by atoms with Gasteiger partial charge in [0.1, 0.15) is 0 Å². The Balaban J connectivity index is 1.43. The monoisotopic (exact) mass is 472 g/mol. The lowest BCUT2D eigenvalue weighted by Crippen LogP contribution is -2.24. The minimum Gasteiger partial charge on any atom is -0.351 e. The minimum absolute atomic E-state index is 0.0449. The van der Waals surface area contributed by atoms with Gasteiger partial charge in [0.15, 0.2) is 11.0 Å². The lowest BCUT2D eigenvalue weighted by atomic mass is 9.88. The molecule has 1 unspecified atom stereocenters. The molecule has 1 amide bonds. The standard InChI is InChI=1S/C23H25ClN4OS2/c1-3-10-28-22(19-13-30-20-11-15(2)4-9-18(19)20)26-27-23(28)31-14-21(29)25-12-16-5-7-17(24)8-6-16/h3,5-8,13,15H,1,4,9-12,14H2,2H3,(H,25,29). The summed E-state index contributed by atoms with van der Waals surface area (Å²) in [5.41, 5.74) is 3.61. The number of hydrogen-bond donors (Lipinski definition) is 1. The molecule has 1 aliphatic rings. The summed E-state index contributed by atoms with van der Waals surface area (Å²) < 4.78 is 2.06. The third-order valence-electron chi connectivity index (χ3n) is 5.41. The highest BCUT2D eigenvalue weighted by atomic mass is 35.5. The Bertz CT molecular complexity index is 1070. The number of fused-ring (bicyclic) bond motifs is 1. The SMILES string of the molecule is C=CCn1c(SCC(=O)NCc2ccc(Cl)cc2)nnc1-c1csc2c1CCC(C)C2. The predicted octanol–water partition coefficient (Wildman–Crippen LogP) is 5.38. The molecule has 0 aliphatic heterocycles. The van der Waals surface area contributed by atoms with E-state index in [1.54, 1.807) is 0 Å². The minimum atomic E-state index is -0.0449. The van der Waals surface area contributed by atoms with Gasteiger partial charge in [0.05, 0.1) is 5.75 Å². The molecule has 31 heavy (non-hydrogen) atoms. The van der Waals surface area contributed by atoms with Crippen LogP contribution in [0.25, 0.3) is 11.4 Å². The van der Waals surface area contributed by atoms with Crippen LogP contribution in [0, 0.1) is 5.92 Å². The summed E-state index contributed by atoms with van der Waals surface area (Å²) >= 11 is 9.13. The van der Waals surface area contributed by atoms with E-state index >= 15 is 0 Å². The largest absolute Gasteiger partial charge is 0.351 e. The lowest BCUT2D eigenvalue weighted by molar-refractivity contribution is -0.118. The topological polar surface area (TPSA) is 59.8 Å². The fourth-order valence-electron chi connectivity index (χ4n) is 3.74. The van der Waals surface area contributed by atoms with Gasteiger partial charge >= 0.3 is 0 Å². The van der Waals surface area contributed by atoms with Gasteiger partial charge in [-0.25, -0.2) is 0 Å². The molecule has 2 heterocycles. The molecule has 0 spiro atoms. The summed E-state index contributed by atoms with van der Waals surface area (Å²) in [5, 5.41) is 15.5. The van der Waals surface area contributed by atoms with Crippen LogP contribution in [-0.4, -0.2) is 26.4 Å². The second kappa shape index (κ2) is 10.0. The highest BCUT2D eigenvalue weighted by molar-refractivity contribution is 7.99. The van der Waals surface area contributed by atoms with Crippen LogP contribution >= 0.6 is 34.7 Å². The van der Waals surface area contributed by atoms with E-state index in [-0.39, 0.29) is 11.7 Å². The molecule has 2 aromatic heterocycles. The van der Waals surface area contributed by atoms with Crippen molar-refractivity contribution in [1.29, 1.82) is 0 Å². The van der Waals surface area contributed by atoms with E-state index in [4.69, 9.17) is 11.6 Å². The maximum absolute atomic E-state index is 12.3. The molecule has 3 aromatic rings. The Morgan fingerprint density at radius 1 is 1.39 bits per heavy atom. The van der Waals surface area contributed by atoms with Gasteiger partial charge in [-0.2, -0.15) is 0 Å². The molecule has 8 heteroatoms. The zero-order valence-corrected chi connectivity index (χ0v) is 19.8. The van der Waals surface area contributed by atoms with Gasteiger partial charge in [-0.15, -0.1) is 28.1 Å². The lowest BCUT2D eigenvalue weighted by Gasteiger charge is -2.19. The first-order valence-electron chi connectivity index (χ1n) is 10.3. The van der Waals surface area contributed by atoms with Crippen molar-refractivity contribution in [3.8, 4) is 11.4 Å². The van der Waals surface area contributed by atoms with Gasteiger partial charge in [0.25, 0.3) is 0 Å². The molecule has 5 nitrogen and oxygen atoms in total. The normalized spacial score (nSPS) is 15.5. The van der Waals surface area contributed by atoms with Crippen molar-refractivity contribution in [2.24, 2.45) is 5.92 Å². The number of thioether (sulfide) groups is 1. The van der Waals surface area contributed by atoms with Crippen molar-refractivity contribution in [3.05, 3.63) is 63.3 Å². The number of thiophene rings is 1. The van der Waals surface area contributed by atoms with Gasteiger partial charge < -0.3 is 5.32 Å². The first-order valence-corrected chi connectivity index (χ1v) is 12.6. The number of carbonyl (C=O) groups excluding carboxylic acids is 1. The average Bonchev–Trinajstić information content (AvgIpc) is 3.35. The second-order valence-electron chi connectivity index (χ2n) is 7.80. The number of aromatic nitrogens is 3. The van der Waals surface area contributed by atoms with Crippen LogP contribution in [0.15, 0.2) is 47.5 Å². The van der Waals surface area contributed by atoms with Gasteiger partial charge in [-0.05, 0) is 48.4 Å². The zero-order valence-electron chi connectivity index (χ0n) is 17.4. The van der Waals surface area contributed by atoms with Gasteiger partial charge in [0.2, 0.25) is 5.91 Å². The van der Waals surface area contributed by atoms with Crippen molar-refractivity contribution in [1.82, 2.24) is 20.1 Å². The number of benzene rings is 1. The molecular formula is C23H25ClN4OS2. The molecule has 1 atom stereocenters. The van der Waals surface area contributed by atoms with Gasteiger partial charge in [-0.1, -0.05) is 48.5 Å². The quantitative estimate of drug-likeness (QED) is 0.353. The number of allylic oxidation sites excluding steroid dienone is 1. The van der Waals surface area contributed by atoms with Gasteiger partial charge in [0, 0.05) is 33.9 Å². The van der Waals surface area contributed by atoms with Crippen LogP contribution < -0.4 is 5.32 Å². The predicted molar refractivity (Wildman–Crippen MR) is 129 cm³/mol. The summed E-state index contributed by atoms with van der Waals surface area (Å²) in [6.45, 7) is 7.29. The Morgan fingerprint density at radius 2 is 2.19 bits per heavy atom. The van der Waals surface area contributed by atoms with E-state index in [2.05, 4.69) is 39.0 Å². The van der Waals surface area contributed by atoms with Crippen LogP contribution in [0.4, 0.5) is 0 Å². The number of halogens is 1. The molecule has 1 aliphatic carbocycles. The molecule has 0 fully saturated rings. The van der Waals surface area contributed by atoms with Crippen LogP contribution in [0.5, 0.6) is 0 Å². The Morgan fingerprint density at radius 3 is 2.97 bits per heavy atom. The Hall–Kier alpha value is -2.09. The number of carbonyl (C=O) groups is 1. The fraction of sp³-hybridized carbons (Fsp3) is 0.348. The van der Waals surface area contributed by atoms with Crippen molar-refractivity contribution in [3.63, 3.8) is 0 Å². The first kappa shape index (κ1) is 22.1. The van der Waals surface area contributed by atoms with Crippen molar-refractivity contribution in [2.45, 2.75) is 44.4 Å². The highest BCUT2D eigenvalue weighted by Gasteiger charge is 2.24. The number of rotatable bonds is 8. The second-order valence-corrected chi connectivity index (χ2v) is 10.1. The summed E-state index contributed by atoms with van der Waals surface area (Å²) in [4.78, 5) is 13.8. The van der Waals surface area contributed by atoms with E-state index in [1.165, 1.54) is 34.2 Å². The Kier molecular flexibility index (Phi) is 7.15.